The topological polar surface area (TPSA) is 98.9 Å². The molecule has 0 N–H and O–H groups in total. The fraction of sp³-hybridized carbons (Fsp3) is 0.0455. The first kappa shape index (κ1) is 23.7. The molecule has 0 aliphatic heterocycles. The van der Waals surface area contributed by atoms with Gasteiger partial charge >= 0.3 is 12.1 Å². The Balaban J connectivity index is 1.81. The second-order valence-electron chi connectivity index (χ2n) is 6.39. The van der Waals surface area contributed by atoms with Crippen LogP contribution in [0, 0.1) is 10.1 Å². The molecule has 0 radical (unpaired) electrons. The van der Waals surface area contributed by atoms with Crippen molar-refractivity contribution in [2.75, 3.05) is 0 Å². The van der Waals surface area contributed by atoms with Crippen LogP contribution in [0.1, 0.15) is 15.9 Å². The number of non-ortho nitro benzene ring substituents is 1. The van der Waals surface area contributed by atoms with Crippen molar-refractivity contribution in [1.82, 2.24) is 0 Å². The standard InChI is InChI=1S/C22H13F3N2O5S/c23-22(24,25)21(29)32-26-19(14-4-2-1-3-5-14)20(28)15-6-10-17(11-7-15)33-18-12-8-16(9-13-18)27(30)31/h1-13H/b26-19+. The molecular formula is C22H13F3N2O5S. The van der Waals surface area contributed by atoms with Crippen molar-refractivity contribution >= 4 is 34.9 Å². The molecule has 11 heteroatoms. The Labute approximate surface area is 189 Å². The lowest BCUT2D eigenvalue weighted by Gasteiger charge is -2.08. The van der Waals surface area contributed by atoms with E-state index in [1.165, 1.54) is 48.2 Å². The number of benzene rings is 3. The normalized spacial score (nSPS) is 11.7. The number of nitrogens with zero attached hydrogens (tertiary/aromatic N) is 2. The molecule has 0 aliphatic carbocycles. The third kappa shape index (κ3) is 6.26. The Kier molecular flexibility index (Phi) is 7.23. The lowest BCUT2D eigenvalue weighted by atomic mass is 10.0. The first-order chi connectivity index (χ1) is 15.6. The zero-order chi connectivity index (χ0) is 24.0. The molecule has 0 bridgehead atoms. The van der Waals surface area contributed by atoms with Gasteiger partial charge in [0.05, 0.1) is 4.92 Å². The number of nitro groups is 1. The summed E-state index contributed by atoms with van der Waals surface area (Å²) in [6, 6.07) is 19.6. The number of ketones is 1. The van der Waals surface area contributed by atoms with Crippen LogP contribution in [0.2, 0.25) is 0 Å². The lowest BCUT2D eigenvalue weighted by Crippen LogP contribution is -2.25. The van der Waals surface area contributed by atoms with E-state index in [4.69, 9.17) is 0 Å². The number of alkyl halides is 3. The van der Waals surface area contributed by atoms with Gasteiger partial charge in [0.1, 0.15) is 0 Å². The van der Waals surface area contributed by atoms with E-state index < -0.39 is 28.6 Å². The average Bonchev–Trinajstić information content (AvgIpc) is 2.80. The van der Waals surface area contributed by atoms with Gasteiger partial charge in [-0.1, -0.05) is 47.2 Å². The first-order valence-electron chi connectivity index (χ1n) is 9.14. The number of carbonyl (C=O) groups is 2. The second-order valence-corrected chi connectivity index (χ2v) is 7.54. The summed E-state index contributed by atoms with van der Waals surface area (Å²) >= 11 is 1.29. The molecule has 0 saturated heterocycles. The van der Waals surface area contributed by atoms with Gasteiger partial charge in [0.2, 0.25) is 5.78 Å². The fourth-order valence-corrected chi connectivity index (χ4v) is 3.36. The fourth-order valence-electron chi connectivity index (χ4n) is 2.54. The van der Waals surface area contributed by atoms with Crippen molar-refractivity contribution in [1.29, 1.82) is 0 Å². The number of Topliss-reactive ketones (excluding diaryl/α,β-unsaturated/α-hetero) is 1. The van der Waals surface area contributed by atoms with E-state index in [0.717, 1.165) is 4.90 Å². The van der Waals surface area contributed by atoms with Crippen LogP contribution in [0.4, 0.5) is 18.9 Å². The van der Waals surface area contributed by atoms with Crippen LogP contribution in [0.25, 0.3) is 0 Å². The van der Waals surface area contributed by atoms with Crippen LogP contribution in [-0.2, 0) is 9.63 Å². The highest BCUT2D eigenvalue weighted by Gasteiger charge is 2.42. The average molecular weight is 474 g/mol. The molecule has 0 fully saturated rings. The highest BCUT2D eigenvalue weighted by atomic mass is 32.2. The molecule has 3 aromatic carbocycles. The molecule has 0 heterocycles. The smallest absolute Gasteiger partial charge is 0.308 e. The SMILES string of the molecule is O=C(/C(=N/OC(=O)C(F)(F)F)c1ccccc1)c1ccc(Sc2ccc([N+](=O)[O-])cc2)cc1. The molecule has 3 aromatic rings. The zero-order valence-corrected chi connectivity index (χ0v) is 17.3. The van der Waals surface area contributed by atoms with Gasteiger partial charge in [-0.3, -0.25) is 14.9 Å². The largest absolute Gasteiger partial charge is 0.493 e. The van der Waals surface area contributed by atoms with Crippen LogP contribution in [0.5, 0.6) is 0 Å². The molecule has 0 spiro atoms. The predicted octanol–water partition coefficient (Wildman–Crippen LogP) is 5.44. The van der Waals surface area contributed by atoms with Gasteiger partial charge in [-0.15, -0.1) is 0 Å². The Hall–Kier alpha value is -3.99. The minimum absolute atomic E-state index is 0.0424. The van der Waals surface area contributed by atoms with Crippen LogP contribution in [0.3, 0.4) is 0 Å². The third-order valence-electron chi connectivity index (χ3n) is 4.11. The molecule has 0 aromatic heterocycles. The van der Waals surface area contributed by atoms with Crippen molar-refractivity contribution in [3.8, 4) is 0 Å². The Morgan fingerprint density at radius 3 is 1.91 bits per heavy atom. The molecule has 0 atom stereocenters. The summed E-state index contributed by atoms with van der Waals surface area (Å²) in [7, 11) is 0. The summed E-state index contributed by atoms with van der Waals surface area (Å²) in [5, 5.41) is 13.9. The number of hydrogen-bond acceptors (Lipinski definition) is 7. The van der Waals surface area contributed by atoms with Crippen LogP contribution >= 0.6 is 11.8 Å². The maximum atomic E-state index is 12.9. The van der Waals surface area contributed by atoms with E-state index in [9.17, 15) is 32.9 Å². The third-order valence-corrected chi connectivity index (χ3v) is 5.13. The summed E-state index contributed by atoms with van der Waals surface area (Å²) in [4.78, 5) is 39.5. The molecule has 7 nitrogen and oxygen atoms in total. The minimum atomic E-state index is -5.26. The predicted molar refractivity (Wildman–Crippen MR) is 113 cm³/mol. The summed E-state index contributed by atoms with van der Waals surface area (Å²) in [6.07, 6.45) is -5.26. The molecule has 0 aliphatic rings. The van der Waals surface area contributed by atoms with Crippen molar-refractivity contribution in [3.05, 3.63) is 100 Å². The van der Waals surface area contributed by atoms with Crippen LogP contribution in [0.15, 0.2) is 93.8 Å². The second kappa shape index (κ2) is 10.1. The Bertz CT molecular complexity index is 1200. The molecule has 0 unspecified atom stereocenters. The van der Waals surface area contributed by atoms with Gasteiger partial charge in [-0.2, -0.15) is 13.2 Å². The number of rotatable bonds is 7. The Morgan fingerprint density at radius 1 is 0.848 bits per heavy atom. The number of nitro benzene ring substituents is 1. The van der Waals surface area contributed by atoms with E-state index in [1.54, 1.807) is 42.5 Å². The van der Waals surface area contributed by atoms with Crippen LogP contribution < -0.4 is 0 Å². The molecular weight excluding hydrogens is 461 g/mol. The highest BCUT2D eigenvalue weighted by molar-refractivity contribution is 7.99. The summed E-state index contributed by atoms with van der Waals surface area (Å²) in [5.74, 6) is -3.29. The van der Waals surface area contributed by atoms with Crippen molar-refractivity contribution in [2.24, 2.45) is 5.16 Å². The van der Waals surface area contributed by atoms with Gasteiger partial charge < -0.3 is 4.84 Å². The van der Waals surface area contributed by atoms with E-state index in [2.05, 4.69) is 9.99 Å². The number of halogens is 3. The molecule has 0 saturated carbocycles. The van der Waals surface area contributed by atoms with Crippen molar-refractivity contribution in [2.45, 2.75) is 16.0 Å². The van der Waals surface area contributed by atoms with Gasteiger partial charge in [-0.25, -0.2) is 4.79 Å². The van der Waals surface area contributed by atoms with E-state index in [0.29, 0.717) is 4.90 Å². The maximum absolute atomic E-state index is 12.9. The van der Waals surface area contributed by atoms with Gasteiger partial charge in [-0.05, 0) is 36.4 Å². The van der Waals surface area contributed by atoms with Gasteiger partial charge in [0.25, 0.3) is 5.69 Å². The minimum Gasteiger partial charge on any atom is -0.308 e. The number of hydrogen-bond donors (Lipinski definition) is 0. The number of carbonyl (C=O) groups excluding carboxylic acids is 2. The lowest BCUT2D eigenvalue weighted by molar-refractivity contribution is -0.384. The first-order valence-corrected chi connectivity index (χ1v) is 9.95. The quantitative estimate of drug-likeness (QED) is 0.149. The zero-order valence-electron chi connectivity index (χ0n) is 16.5. The molecule has 33 heavy (non-hydrogen) atoms. The van der Waals surface area contributed by atoms with Crippen molar-refractivity contribution in [3.63, 3.8) is 0 Å². The maximum Gasteiger partial charge on any atom is 0.493 e. The van der Waals surface area contributed by atoms with Crippen molar-refractivity contribution < 1.29 is 32.5 Å². The monoisotopic (exact) mass is 474 g/mol. The van der Waals surface area contributed by atoms with Gasteiger partial charge in [0.15, 0.2) is 5.71 Å². The number of oxime groups is 1. The summed E-state index contributed by atoms with van der Waals surface area (Å²) in [6.45, 7) is 0. The summed E-state index contributed by atoms with van der Waals surface area (Å²) < 4.78 is 37.3. The Morgan fingerprint density at radius 2 is 1.39 bits per heavy atom. The highest BCUT2D eigenvalue weighted by Crippen LogP contribution is 2.29. The molecule has 168 valence electrons. The van der Waals surface area contributed by atoms with Gasteiger partial charge in [0, 0.05) is 33.1 Å². The molecule has 0 amide bonds. The van der Waals surface area contributed by atoms with E-state index >= 15 is 0 Å². The van der Waals surface area contributed by atoms with E-state index in [1.807, 2.05) is 0 Å². The van der Waals surface area contributed by atoms with Crippen LogP contribution in [-0.4, -0.2) is 28.6 Å². The molecule has 3 rings (SSSR count). The van der Waals surface area contributed by atoms with E-state index in [-0.39, 0.29) is 16.8 Å². The summed E-state index contributed by atoms with van der Waals surface area (Å²) in [5.41, 5.74) is -0.237.